The van der Waals surface area contributed by atoms with Gasteiger partial charge in [0.2, 0.25) is 17.6 Å². The molecule has 5 fully saturated rings. The molecule has 1 heterocycles. The number of primary amides is 1. The highest BCUT2D eigenvalue weighted by molar-refractivity contribution is 6.37. The third-order valence-corrected chi connectivity index (χ3v) is 13.5. The van der Waals surface area contributed by atoms with E-state index in [9.17, 15) is 24.0 Å². The molecule has 1 unspecified atom stereocenters. The van der Waals surface area contributed by atoms with Crippen molar-refractivity contribution in [1.29, 1.82) is 0 Å². The molecule has 4 aliphatic carbocycles. The molecule has 11 heteroatoms. The summed E-state index contributed by atoms with van der Waals surface area (Å²) < 4.78 is 6.13. The largest absolute Gasteiger partial charge is 0.489 e. The number of urea groups is 1. The van der Waals surface area contributed by atoms with Crippen LogP contribution in [0.25, 0.3) is 0 Å². The van der Waals surface area contributed by atoms with Gasteiger partial charge in [0.1, 0.15) is 24.4 Å². The van der Waals surface area contributed by atoms with Gasteiger partial charge in [-0.05, 0) is 90.9 Å². The predicted octanol–water partition coefficient (Wildman–Crippen LogP) is 5.58. The topological polar surface area (TPSA) is 160 Å². The summed E-state index contributed by atoms with van der Waals surface area (Å²) in [5.41, 5.74) is 6.93. The summed E-state index contributed by atoms with van der Waals surface area (Å²) in [7, 11) is 0. The smallest absolute Gasteiger partial charge is 0.315 e. The molecule has 296 valence electrons. The van der Waals surface area contributed by atoms with Gasteiger partial charge in [-0.25, -0.2) is 4.79 Å². The van der Waals surface area contributed by atoms with E-state index in [1.165, 1.54) is 0 Å². The van der Waals surface area contributed by atoms with Gasteiger partial charge < -0.3 is 31.3 Å². The first kappa shape index (κ1) is 38.8. The maximum atomic E-state index is 14.8. The number of Topliss-reactive ketones (excluding diaryl/α,β-unsaturated/α-hetero) is 1. The first-order valence-electron chi connectivity index (χ1n) is 20.7. The zero-order valence-corrected chi connectivity index (χ0v) is 32.5. The molecule has 5 amide bonds. The van der Waals surface area contributed by atoms with Gasteiger partial charge in [-0.1, -0.05) is 108 Å². The number of likely N-dealkylation sites (tertiary alicyclic amines) is 1. The maximum Gasteiger partial charge on any atom is 0.315 e. The van der Waals surface area contributed by atoms with Gasteiger partial charge in [-0.15, -0.1) is 0 Å². The van der Waals surface area contributed by atoms with Crippen LogP contribution in [0.4, 0.5) is 4.79 Å². The predicted molar refractivity (Wildman–Crippen MR) is 209 cm³/mol. The third kappa shape index (κ3) is 9.02. The summed E-state index contributed by atoms with van der Waals surface area (Å²) in [6, 6.07) is 15.2. The Morgan fingerprint density at radius 1 is 0.855 bits per heavy atom. The number of hydrogen-bond donors (Lipinski definition) is 4. The molecule has 4 saturated carbocycles. The normalized spacial score (nSPS) is 25.1. The molecule has 5 N–H and O–H groups in total. The number of nitrogens with two attached hydrogens (primary N) is 1. The molecule has 0 bridgehead atoms. The number of ether oxygens (including phenoxy) is 1. The highest BCUT2D eigenvalue weighted by atomic mass is 16.5. The molecule has 11 nitrogen and oxygen atoms in total. The average molecular weight is 754 g/mol. The summed E-state index contributed by atoms with van der Waals surface area (Å²) in [4.78, 5) is 69.5. The molecule has 55 heavy (non-hydrogen) atoms. The fraction of sp³-hybridized carbons (Fsp3) is 0.614. The van der Waals surface area contributed by atoms with E-state index >= 15 is 0 Å². The number of carbonyl (C=O) groups excluding carboxylic acids is 5. The highest BCUT2D eigenvalue weighted by Gasteiger charge is 2.69. The van der Waals surface area contributed by atoms with Gasteiger partial charge in [0.25, 0.3) is 5.91 Å². The lowest BCUT2D eigenvalue weighted by Crippen LogP contribution is -2.62. The van der Waals surface area contributed by atoms with E-state index in [2.05, 4.69) is 41.9 Å². The van der Waals surface area contributed by atoms with Crippen molar-refractivity contribution in [3.63, 3.8) is 0 Å². The van der Waals surface area contributed by atoms with Crippen molar-refractivity contribution in [1.82, 2.24) is 20.9 Å². The van der Waals surface area contributed by atoms with Gasteiger partial charge in [-0.2, -0.15) is 0 Å². The van der Waals surface area contributed by atoms with Crippen molar-refractivity contribution < 1.29 is 28.7 Å². The summed E-state index contributed by atoms with van der Waals surface area (Å²) in [6.45, 7) is 5.10. The summed E-state index contributed by atoms with van der Waals surface area (Å²) in [6.07, 6.45) is 12.3. The average Bonchev–Trinajstić information content (AvgIpc) is 4.04. The summed E-state index contributed by atoms with van der Waals surface area (Å²) >= 11 is 0. The fourth-order valence-electron chi connectivity index (χ4n) is 10.1. The zero-order chi connectivity index (χ0) is 38.7. The van der Waals surface area contributed by atoms with Crippen molar-refractivity contribution in [2.75, 3.05) is 6.54 Å². The minimum Gasteiger partial charge on any atom is -0.489 e. The van der Waals surface area contributed by atoms with Crippen LogP contribution in [0, 0.1) is 29.1 Å². The Bertz CT molecular complexity index is 1730. The Morgan fingerprint density at radius 2 is 1.55 bits per heavy atom. The molecular weight excluding hydrogens is 695 g/mol. The lowest BCUT2D eigenvalue weighted by atomic mass is 9.77. The minimum absolute atomic E-state index is 0.0551. The Hall–Kier alpha value is -4.41. The standard InChI is InChI=1S/C44H59N5O6/c1-43(2)33-26-49(37(35(33)43)40(52)46-34(24-28-19-20-28)38(50)39(45)51)41(53)36(31-16-8-4-9-17-31)47-42(54)48-44(21-10-5-11-22-44)25-30-15-12-18-32(23-30)55-27-29-13-6-3-7-14-29/h3,6-7,12-15,18,23,28,31,33-37H,4-5,8-11,16-17,19-22,24-27H2,1-2H3,(H2,45,51)(H,46,52)(H2,47,48,54)/t33-,34?,35-,36-,37-/m0/s1. The maximum absolute atomic E-state index is 14.8. The van der Waals surface area contributed by atoms with Crippen LogP contribution in [0.3, 0.4) is 0 Å². The molecule has 2 aromatic carbocycles. The first-order valence-corrected chi connectivity index (χ1v) is 20.7. The number of rotatable bonds is 15. The Balaban J connectivity index is 1.07. The molecule has 0 radical (unpaired) electrons. The van der Waals surface area contributed by atoms with E-state index < -0.39 is 41.3 Å². The molecule has 5 atom stereocenters. The minimum atomic E-state index is -1.07. The second-order valence-electron chi connectivity index (χ2n) is 17.8. The van der Waals surface area contributed by atoms with Crippen molar-refractivity contribution in [2.45, 2.75) is 134 Å². The molecular formula is C44H59N5O6. The van der Waals surface area contributed by atoms with Gasteiger partial charge in [0.05, 0.1) is 6.04 Å². The summed E-state index contributed by atoms with van der Waals surface area (Å²) in [5, 5.41) is 9.43. The molecule has 5 aliphatic rings. The van der Waals surface area contributed by atoms with Crippen molar-refractivity contribution in [3.8, 4) is 5.75 Å². The first-order chi connectivity index (χ1) is 26.4. The number of benzene rings is 2. The van der Waals surface area contributed by atoms with E-state index in [0.29, 0.717) is 26.0 Å². The monoisotopic (exact) mass is 753 g/mol. The molecule has 0 aromatic heterocycles. The van der Waals surface area contributed by atoms with Gasteiger partial charge in [-0.3, -0.25) is 19.2 Å². The van der Waals surface area contributed by atoms with E-state index in [4.69, 9.17) is 10.5 Å². The second kappa shape index (κ2) is 16.4. The molecule has 2 aromatic rings. The van der Waals surface area contributed by atoms with E-state index in [0.717, 1.165) is 93.9 Å². The Kier molecular flexibility index (Phi) is 11.6. The number of nitrogens with one attached hydrogen (secondary N) is 3. The molecule has 1 saturated heterocycles. The number of hydrogen-bond acceptors (Lipinski definition) is 6. The number of fused-ring (bicyclic) bond motifs is 1. The lowest BCUT2D eigenvalue weighted by molar-refractivity contribution is -0.144. The quantitative estimate of drug-likeness (QED) is 0.174. The van der Waals surface area contributed by atoms with Crippen LogP contribution >= 0.6 is 0 Å². The highest BCUT2D eigenvalue weighted by Crippen LogP contribution is 2.65. The van der Waals surface area contributed by atoms with Crippen LogP contribution < -0.4 is 26.4 Å². The molecule has 1 aliphatic heterocycles. The Labute approximate surface area is 325 Å². The third-order valence-electron chi connectivity index (χ3n) is 13.5. The number of piperidine rings is 1. The van der Waals surface area contributed by atoms with Crippen LogP contribution in [-0.2, 0) is 32.2 Å². The molecule has 7 rings (SSSR count). The van der Waals surface area contributed by atoms with Crippen molar-refractivity contribution >= 4 is 29.5 Å². The van der Waals surface area contributed by atoms with Crippen molar-refractivity contribution in [3.05, 3.63) is 65.7 Å². The fourth-order valence-corrected chi connectivity index (χ4v) is 10.1. The summed E-state index contributed by atoms with van der Waals surface area (Å²) in [5.74, 6) is -1.50. The zero-order valence-electron chi connectivity index (χ0n) is 32.5. The number of carbonyl (C=O) groups is 5. The second-order valence-corrected chi connectivity index (χ2v) is 17.8. The van der Waals surface area contributed by atoms with Crippen LogP contribution in [0.15, 0.2) is 54.6 Å². The van der Waals surface area contributed by atoms with E-state index in [-0.39, 0.29) is 41.0 Å². The van der Waals surface area contributed by atoms with Gasteiger partial charge >= 0.3 is 6.03 Å². The SMILES string of the molecule is CC1(C)[C@@H]2[C@@H](C(=O)NC(CC3CC3)C(=O)C(N)=O)N(C(=O)[C@@H](NC(=O)NC3(Cc4cccc(OCc5ccccc5)c4)CCCCC3)C3CCCCC3)C[C@@H]21. The number of amides is 5. The lowest BCUT2D eigenvalue weighted by Gasteiger charge is -2.40. The van der Waals surface area contributed by atoms with Gasteiger partial charge in [0, 0.05) is 12.1 Å². The number of nitrogens with zero attached hydrogens (tertiary/aromatic N) is 1. The van der Waals surface area contributed by atoms with Crippen LogP contribution in [0.1, 0.15) is 108 Å². The van der Waals surface area contributed by atoms with Crippen molar-refractivity contribution in [2.24, 2.45) is 34.8 Å². The van der Waals surface area contributed by atoms with E-state index in [1.807, 2.05) is 42.5 Å². The van der Waals surface area contributed by atoms with Crippen LogP contribution in [-0.4, -0.2) is 64.6 Å². The van der Waals surface area contributed by atoms with Crippen LogP contribution in [0.2, 0.25) is 0 Å². The van der Waals surface area contributed by atoms with Gasteiger partial charge in [0.15, 0.2) is 0 Å². The van der Waals surface area contributed by atoms with E-state index in [1.54, 1.807) is 4.90 Å². The molecule has 0 spiro atoms. The van der Waals surface area contributed by atoms with Crippen LogP contribution in [0.5, 0.6) is 5.75 Å². The number of ketones is 1. The Morgan fingerprint density at radius 3 is 2.24 bits per heavy atom.